The largest absolute Gasteiger partial charge is 0.304 e. The van der Waals surface area contributed by atoms with Crippen molar-refractivity contribution >= 4 is 11.6 Å². The van der Waals surface area contributed by atoms with E-state index >= 15 is 0 Å². The highest BCUT2D eigenvalue weighted by atomic mass is 16.2. The lowest BCUT2D eigenvalue weighted by molar-refractivity contribution is 0.0815. The molecule has 1 fully saturated rings. The predicted molar refractivity (Wildman–Crippen MR) is 106 cm³/mol. The molecule has 1 N–H and O–H groups in total. The molecule has 0 saturated carbocycles. The van der Waals surface area contributed by atoms with Gasteiger partial charge in [0.25, 0.3) is 0 Å². The van der Waals surface area contributed by atoms with Gasteiger partial charge in [-0.2, -0.15) is 21.0 Å². The third kappa shape index (κ3) is 2.27. The molecule has 5 atom stereocenters. The van der Waals surface area contributed by atoms with Crippen LogP contribution in [0.15, 0.2) is 36.4 Å². The Hall–Kier alpha value is -4.30. The molecule has 1 saturated heterocycles. The molecule has 2 aromatic rings. The quantitative estimate of drug-likeness (QED) is 0.760. The second-order valence-electron chi connectivity index (χ2n) is 7.94. The molecule has 146 valence electrons. The number of nitrogens with one attached hydrogen (secondary N) is 1. The van der Waals surface area contributed by atoms with Crippen LogP contribution in [0.5, 0.6) is 0 Å². The van der Waals surface area contributed by atoms with Crippen LogP contribution in [0.25, 0.3) is 11.1 Å². The Labute approximate surface area is 177 Å². The van der Waals surface area contributed by atoms with Crippen molar-refractivity contribution in [2.24, 2.45) is 17.8 Å². The molecule has 7 nitrogen and oxygen atoms in total. The molecule has 3 aliphatic rings. The number of Topliss-reactive ketones (excluding diaryl/α,β-unsaturated/α-hetero) is 2. The summed E-state index contributed by atoms with van der Waals surface area (Å²) < 4.78 is 0. The van der Waals surface area contributed by atoms with E-state index < -0.39 is 35.4 Å². The number of hydrogen-bond acceptors (Lipinski definition) is 7. The minimum absolute atomic E-state index is 0.324. The fraction of sp³-hybridized carbons (Fsp3) is 0.250. The van der Waals surface area contributed by atoms with Crippen LogP contribution >= 0.6 is 0 Å². The molecule has 2 aromatic carbocycles. The molecule has 7 heteroatoms. The third-order valence-corrected chi connectivity index (χ3v) is 6.66. The number of carbonyl (C=O) groups excluding carboxylic acids is 2. The molecular weight excluding hydrogens is 390 g/mol. The molecule has 5 rings (SSSR count). The number of benzene rings is 2. The maximum atomic E-state index is 12.8. The minimum atomic E-state index is -1.19. The molecule has 0 aromatic heterocycles. The van der Waals surface area contributed by atoms with Gasteiger partial charge in [-0.1, -0.05) is 36.4 Å². The van der Waals surface area contributed by atoms with E-state index in [-0.39, 0.29) is 12.0 Å². The van der Waals surface area contributed by atoms with Gasteiger partial charge in [0.05, 0.1) is 36.1 Å². The number of carbonyl (C=O) groups is 2. The number of hydrogen-bond donors (Lipinski definition) is 1. The Morgan fingerprint density at radius 1 is 0.806 bits per heavy atom. The lowest BCUT2D eigenvalue weighted by Crippen LogP contribution is -2.38. The van der Waals surface area contributed by atoms with E-state index in [1.807, 2.05) is 24.3 Å². The zero-order valence-corrected chi connectivity index (χ0v) is 16.0. The maximum absolute atomic E-state index is 12.8. The molecule has 2 aliphatic carbocycles. The van der Waals surface area contributed by atoms with Crippen molar-refractivity contribution in [2.45, 2.75) is 18.0 Å². The predicted octanol–water partition coefficient (Wildman–Crippen LogP) is 2.79. The summed E-state index contributed by atoms with van der Waals surface area (Å²) >= 11 is 0. The van der Waals surface area contributed by atoms with Crippen molar-refractivity contribution in [1.29, 1.82) is 21.0 Å². The van der Waals surface area contributed by atoms with Gasteiger partial charge in [0.2, 0.25) is 11.6 Å². The van der Waals surface area contributed by atoms with Gasteiger partial charge in [0, 0.05) is 29.1 Å². The standard InChI is InChI=1S/C24H13N5O2/c25-7-11(8-26)16(9-27)21-17(10-28)20-12-3-1-5-14-18(12)19-13(22(20)29-21)4-2-6-15(19)24(31)23(14)30/h1-6,11,16-17,20-22,29H. The normalized spacial score (nSPS) is 25.5. The summed E-state index contributed by atoms with van der Waals surface area (Å²) in [7, 11) is 0. The van der Waals surface area contributed by atoms with Gasteiger partial charge in [-0.25, -0.2) is 0 Å². The van der Waals surface area contributed by atoms with Gasteiger partial charge in [0.15, 0.2) is 5.92 Å². The van der Waals surface area contributed by atoms with Gasteiger partial charge >= 0.3 is 0 Å². The fourth-order valence-electron chi connectivity index (χ4n) is 5.40. The van der Waals surface area contributed by atoms with Crippen LogP contribution in [-0.2, 0) is 0 Å². The first-order chi connectivity index (χ1) is 15.1. The minimum Gasteiger partial charge on any atom is -0.304 e. The number of fused-ring (bicyclic) bond motifs is 3. The Kier molecular flexibility index (Phi) is 3.99. The SMILES string of the molecule is N#CC(C#N)C(C#N)C1NC2c3cccc4c3-c3c(cccc3C2C1C#N)C(=O)C4=O. The highest BCUT2D eigenvalue weighted by Crippen LogP contribution is 2.56. The van der Waals surface area contributed by atoms with Crippen molar-refractivity contribution in [1.82, 2.24) is 5.32 Å². The average Bonchev–Trinajstić information content (AvgIpc) is 3.19. The summed E-state index contributed by atoms with van der Waals surface area (Å²) in [5.41, 5.74) is 3.58. The lowest BCUT2D eigenvalue weighted by Gasteiger charge is -2.35. The van der Waals surface area contributed by atoms with Crippen LogP contribution in [0.4, 0.5) is 0 Å². The van der Waals surface area contributed by atoms with E-state index in [9.17, 15) is 30.6 Å². The van der Waals surface area contributed by atoms with E-state index in [1.165, 1.54) is 0 Å². The number of rotatable bonds is 2. The maximum Gasteiger partial charge on any atom is 0.234 e. The number of nitriles is 4. The van der Waals surface area contributed by atoms with E-state index in [0.29, 0.717) is 22.3 Å². The first-order valence-electron chi connectivity index (χ1n) is 9.77. The summed E-state index contributed by atoms with van der Waals surface area (Å²) in [4.78, 5) is 25.5. The Morgan fingerprint density at radius 2 is 1.39 bits per heavy atom. The van der Waals surface area contributed by atoms with Gasteiger partial charge < -0.3 is 5.32 Å². The van der Waals surface area contributed by atoms with Gasteiger partial charge in [-0.05, 0) is 22.3 Å². The van der Waals surface area contributed by atoms with Crippen LogP contribution in [-0.4, -0.2) is 17.6 Å². The smallest absolute Gasteiger partial charge is 0.234 e. The van der Waals surface area contributed by atoms with Crippen molar-refractivity contribution in [3.8, 4) is 35.4 Å². The van der Waals surface area contributed by atoms with Gasteiger partial charge in [-0.15, -0.1) is 0 Å². The van der Waals surface area contributed by atoms with Gasteiger partial charge in [-0.3, -0.25) is 9.59 Å². The highest BCUT2D eigenvalue weighted by molar-refractivity contribution is 6.53. The molecule has 1 heterocycles. The monoisotopic (exact) mass is 403 g/mol. The van der Waals surface area contributed by atoms with Crippen LogP contribution < -0.4 is 5.32 Å². The van der Waals surface area contributed by atoms with Crippen molar-refractivity contribution < 1.29 is 9.59 Å². The van der Waals surface area contributed by atoms with Crippen molar-refractivity contribution in [2.75, 3.05) is 0 Å². The fourth-order valence-corrected chi connectivity index (χ4v) is 5.40. The third-order valence-electron chi connectivity index (χ3n) is 6.66. The van der Waals surface area contributed by atoms with E-state index in [2.05, 4.69) is 17.5 Å². The summed E-state index contributed by atoms with van der Waals surface area (Å²) in [6, 6.07) is 17.3. The topological polar surface area (TPSA) is 141 Å². The van der Waals surface area contributed by atoms with E-state index in [0.717, 1.165) is 11.1 Å². The molecule has 0 amide bonds. The summed E-state index contributed by atoms with van der Waals surface area (Å²) in [6.07, 6.45) is 0. The van der Waals surface area contributed by atoms with E-state index in [4.69, 9.17) is 0 Å². The van der Waals surface area contributed by atoms with Crippen molar-refractivity contribution in [3.05, 3.63) is 58.7 Å². The molecule has 0 radical (unpaired) electrons. The Bertz CT molecular complexity index is 1340. The number of nitrogens with zero attached hydrogens (tertiary/aromatic N) is 4. The first kappa shape index (κ1) is 18.7. The molecule has 0 spiro atoms. The van der Waals surface area contributed by atoms with Crippen LogP contribution in [0.2, 0.25) is 0 Å². The second-order valence-corrected chi connectivity index (χ2v) is 7.94. The molecule has 31 heavy (non-hydrogen) atoms. The van der Waals surface area contributed by atoms with E-state index in [1.54, 1.807) is 24.3 Å². The molecule has 1 aliphatic heterocycles. The van der Waals surface area contributed by atoms with Crippen molar-refractivity contribution in [3.63, 3.8) is 0 Å². The molecule has 0 bridgehead atoms. The molecular formula is C24H13N5O2. The highest BCUT2D eigenvalue weighted by Gasteiger charge is 2.53. The van der Waals surface area contributed by atoms with Crippen LogP contribution in [0, 0.1) is 63.1 Å². The van der Waals surface area contributed by atoms with Crippen LogP contribution in [0.3, 0.4) is 0 Å². The average molecular weight is 403 g/mol. The summed E-state index contributed by atoms with van der Waals surface area (Å²) in [6.45, 7) is 0. The Balaban J connectivity index is 1.76. The Morgan fingerprint density at radius 3 is 1.94 bits per heavy atom. The summed E-state index contributed by atoms with van der Waals surface area (Å²) in [5.74, 6) is -4.40. The summed E-state index contributed by atoms with van der Waals surface area (Å²) in [5, 5.41) is 41.8. The second kappa shape index (κ2) is 6.61. The zero-order chi connectivity index (χ0) is 21.9. The van der Waals surface area contributed by atoms with Crippen LogP contribution in [0.1, 0.15) is 43.8 Å². The zero-order valence-electron chi connectivity index (χ0n) is 16.0. The molecule has 5 unspecified atom stereocenters. The van der Waals surface area contributed by atoms with Gasteiger partial charge in [0.1, 0.15) is 0 Å². The first-order valence-corrected chi connectivity index (χ1v) is 9.77. The lowest BCUT2D eigenvalue weighted by atomic mass is 9.66. The number of ketones is 2.